The summed E-state index contributed by atoms with van der Waals surface area (Å²) in [5, 5.41) is 9.01. The molecular weight excluding hydrogens is 316 g/mol. The average molecular weight is 334 g/mol. The Labute approximate surface area is 138 Å². The third-order valence-corrected chi connectivity index (χ3v) is 5.35. The van der Waals surface area contributed by atoms with Crippen molar-refractivity contribution < 1.29 is 19.5 Å². The van der Waals surface area contributed by atoms with Crippen LogP contribution in [0.4, 0.5) is 5.69 Å². The highest BCUT2D eigenvalue weighted by Crippen LogP contribution is 2.34. The molecule has 0 radical (unpaired) electrons. The van der Waals surface area contributed by atoms with E-state index in [0.29, 0.717) is 31.7 Å². The first-order chi connectivity index (χ1) is 11.1. The molecule has 3 rings (SSSR count). The first-order valence-corrected chi connectivity index (χ1v) is 8.57. The van der Waals surface area contributed by atoms with Gasteiger partial charge in [0, 0.05) is 18.0 Å². The number of carboxylic acid groups (broad SMARTS) is 1. The second-order valence-corrected chi connectivity index (χ2v) is 6.75. The molecule has 23 heavy (non-hydrogen) atoms. The summed E-state index contributed by atoms with van der Waals surface area (Å²) in [4.78, 5) is 39.8. The van der Waals surface area contributed by atoms with E-state index in [9.17, 15) is 14.4 Å². The molecule has 0 bridgehead atoms. The zero-order chi connectivity index (χ0) is 16.4. The monoisotopic (exact) mass is 334 g/mol. The number of aliphatic carboxylic acids is 1. The van der Waals surface area contributed by atoms with Crippen LogP contribution in [0.3, 0.4) is 0 Å². The Bertz CT molecular complexity index is 641. The van der Waals surface area contributed by atoms with Gasteiger partial charge < -0.3 is 14.9 Å². The molecule has 0 spiro atoms. The largest absolute Gasteiger partial charge is 0.481 e. The van der Waals surface area contributed by atoms with Gasteiger partial charge in [-0.25, -0.2) is 0 Å². The number of hydrogen-bond acceptors (Lipinski definition) is 4. The SMILES string of the molecule is O=C(O)C1CCN(C(=O)CN2C(=O)CSc3ccccc32)CC1. The summed E-state index contributed by atoms with van der Waals surface area (Å²) in [5.74, 6) is -1.01. The molecule has 2 heterocycles. The van der Waals surface area contributed by atoms with Crippen LogP contribution in [0.15, 0.2) is 29.2 Å². The predicted molar refractivity (Wildman–Crippen MR) is 86.5 cm³/mol. The van der Waals surface area contributed by atoms with Crippen LogP contribution in [0.25, 0.3) is 0 Å². The van der Waals surface area contributed by atoms with E-state index in [1.54, 1.807) is 4.90 Å². The van der Waals surface area contributed by atoms with Gasteiger partial charge in [0.1, 0.15) is 6.54 Å². The van der Waals surface area contributed by atoms with Crippen LogP contribution in [-0.4, -0.2) is 53.2 Å². The number of carbonyl (C=O) groups is 3. The van der Waals surface area contributed by atoms with Crippen molar-refractivity contribution in [1.82, 2.24) is 4.90 Å². The van der Waals surface area contributed by atoms with Gasteiger partial charge in [-0.2, -0.15) is 0 Å². The number of hydrogen-bond donors (Lipinski definition) is 1. The van der Waals surface area contributed by atoms with Gasteiger partial charge >= 0.3 is 5.97 Å². The van der Waals surface area contributed by atoms with E-state index in [-0.39, 0.29) is 24.3 Å². The summed E-state index contributed by atoms with van der Waals surface area (Å²) in [6.07, 6.45) is 0.947. The Balaban J connectivity index is 1.66. The van der Waals surface area contributed by atoms with Gasteiger partial charge in [0.25, 0.3) is 0 Å². The van der Waals surface area contributed by atoms with Crippen LogP contribution in [0.2, 0.25) is 0 Å². The molecule has 2 aliphatic heterocycles. The van der Waals surface area contributed by atoms with Gasteiger partial charge in [0.15, 0.2) is 0 Å². The van der Waals surface area contributed by atoms with Crippen LogP contribution in [0.5, 0.6) is 0 Å². The second-order valence-electron chi connectivity index (χ2n) is 5.73. The van der Waals surface area contributed by atoms with Crippen molar-refractivity contribution in [2.45, 2.75) is 17.7 Å². The van der Waals surface area contributed by atoms with Gasteiger partial charge in [0.2, 0.25) is 11.8 Å². The molecule has 0 atom stereocenters. The third kappa shape index (κ3) is 3.34. The summed E-state index contributed by atoms with van der Waals surface area (Å²) in [7, 11) is 0. The highest BCUT2D eigenvalue weighted by molar-refractivity contribution is 8.00. The van der Waals surface area contributed by atoms with E-state index in [1.807, 2.05) is 24.3 Å². The van der Waals surface area contributed by atoms with Gasteiger partial charge in [0.05, 0.1) is 17.4 Å². The topological polar surface area (TPSA) is 77.9 Å². The molecule has 0 aromatic heterocycles. The van der Waals surface area contributed by atoms with Crippen molar-refractivity contribution in [3.05, 3.63) is 24.3 Å². The fraction of sp³-hybridized carbons (Fsp3) is 0.438. The lowest BCUT2D eigenvalue weighted by Gasteiger charge is -2.33. The Morgan fingerprint density at radius 2 is 1.91 bits per heavy atom. The number of amides is 2. The van der Waals surface area contributed by atoms with Crippen molar-refractivity contribution in [2.24, 2.45) is 5.92 Å². The normalized spacial score (nSPS) is 18.7. The molecule has 7 heteroatoms. The zero-order valence-electron chi connectivity index (χ0n) is 12.6. The molecule has 1 fully saturated rings. The van der Waals surface area contributed by atoms with Crippen molar-refractivity contribution in [3.8, 4) is 0 Å². The number of carboxylic acids is 1. The maximum Gasteiger partial charge on any atom is 0.306 e. The maximum absolute atomic E-state index is 12.5. The van der Waals surface area contributed by atoms with Crippen LogP contribution in [0.1, 0.15) is 12.8 Å². The lowest BCUT2D eigenvalue weighted by molar-refractivity contribution is -0.145. The number of rotatable bonds is 3. The minimum absolute atomic E-state index is 0.0220. The lowest BCUT2D eigenvalue weighted by atomic mass is 9.97. The number of anilines is 1. The predicted octanol–water partition coefficient (Wildman–Crippen LogP) is 1.45. The van der Waals surface area contributed by atoms with Gasteiger partial charge in [-0.1, -0.05) is 12.1 Å². The molecule has 0 aliphatic carbocycles. The van der Waals surface area contributed by atoms with Crippen LogP contribution >= 0.6 is 11.8 Å². The number of nitrogens with zero attached hydrogens (tertiary/aromatic N) is 2. The van der Waals surface area contributed by atoms with Crippen molar-refractivity contribution in [1.29, 1.82) is 0 Å². The van der Waals surface area contributed by atoms with Crippen molar-refractivity contribution >= 4 is 35.2 Å². The number of fused-ring (bicyclic) bond motifs is 1. The molecule has 1 aromatic rings. The van der Waals surface area contributed by atoms with Crippen molar-refractivity contribution in [2.75, 3.05) is 30.3 Å². The van der Waals surface area contributed by atoms with E-state index >= 15 is 0 Å². The molecule has 2 amide bonds. The molecule has 6 nitrogen and oxygen atoms in total. The first kappa shape index (κ1) is 15.9. The van der Waals surface area contributed by atoms with E-state index in [2.05, 4.69) is 0 Å². The van der Waals surface area contributed by atoms with Crippen LogP contribution < -0.4 is 4.90 Å². The fourth-order valence-corrected chi connectivity index (χ4v) is 3.87. The zero-order valence-corrected chi connectivity index (χ0v) is 13.4. The van der Waals surface area contributed by atoms with E-state index < -0.39 is 5.97 Å². The van der Waals surface area contributed by atoms with Crippen molar-refractivity contribution in [3.63, 3.8) is 0 Å². The van der Waals surface area contributed by atoms with E-state index in [0.717, 1.165) is 10.6 Å². The minimum Gasteiger partial charge on any atom is -0.481 e. The summed E-state index contributed by atoms with van der Waals surface area (Å²) < 4.78 is 0. The molecule has 122 valence electrons. The summed E-state index contributed by atoms with van der Waals surface area (Å²) in [5.41, 5.74) is 0.780. The number of carbonyl (C=O) groups excluding carboxylic acids is 2. The summed E-state index contributed by atoms with van der Waals surface area (Å²) >= 11 is 1.49. The molecule has 1 N–H and O–H groups in total. The quantitative estimate of drug-likeness (QED) is 0.905. The number of likely N-dealkylation sites (tertiary alicyclic amines) is 1. The Hall–Kier alpha value is -2.02. The van der Waals surface area contributed by atoms with Crippen LogP contribution in [0, 0.1) is 5.92 Å². The van der Waals surface area contributed by atoms with E-state index in [1.165, 1.54) is 16.7 Å². The molecule has 0 saturated carbocycles. The second kappa shape index (κ2) is 6.62. The maximum atomic E-state index is 12.5. The fourth-order valence-electron chi connectivity index (χ4n) is 2.94. The highest BCUT2D eigenvalue weighted by atomic mass is 32.2. The smallest absolute Gasteiger partial charge is 0.306 e. The standard InChI is InChI=1S/C16H18N2O4S/c19-14(17-7-5-11(6-8-17)16(21)22)9-18-12-3-1-2-4-13(12)23-10-15(18)20/h1-4,11H,5-10H2,(H,21,22). The van der Waals surface area contributed by atoms with E-state index in [4.69, 9.17) is 5.11 Å². The molecule has 2 aliphatic rings. The number of piperidine rings is 1. The number of benzene rings is 1. The number of thioether (sulfide) groups is 1. The highest BCUT2D eigenvalue weighted by Gasteiger charge is 2.31. The lowest BCUT2D eigenvalue weighted by Crippen LogP contribution is -2.47. The Kier molecular flexibility index (Phi) is 4.56. The average Bonchev–Trinajstić information content (AvgIpc) is 2.57. The number of para-hydroxylation sites is 1. The third-order valence-electron chi connectivity index (χ3n) is 4.30. The Morgan fingerprint density at radius 3 is 2.61 bits per heavy atom. The molecule has 0 unspecified atom stereocenters. The minimum atomic E-state index is -0.797. The summed E-state index contributed by atoms with van der Waals surface area (Å²) in [6, 6.07) is 7.57. The molecular formula is C16H18N2O4S. The first-order valence-electron chi connectivity index (χ1n) is 7.59. The Morgan fingerprint density at radius 1 is 1.22 bits per heavy atom. The van der Waals surface area contributed by atoms with Gasteiger partial charge in [-0.05, 0) is 25.0 Å². The molecule has 1 saturated heterocycles. The van der Waals surface area contributed by atoms with Gasteiger partial charge in [-0.3, -0.25) is 14.4 Å². The summed E-state index contributed by atoms with van der Waals surface area (Å²) in [6.45, 7) is 0.899. The van der Waals surface area contributed by atoms with Crippen LogP contribution in [-0.2, 0) is 14.4 Å². The molecule has 1 aromatic carbocycles. The van der Waals surface area contributed by atoms with Gasteiger partial charge in [-0.15, -0.1) is 11.8 Å².